The van der Waals surface area contributed by atoms with Crippen molar-refractivity contribution >= 4 is 51.8 Å². The first-order valence-electron chi connectivity index (χ1n) is 13.3. The van der Waals surface area contributed by atoms with E-state index in [0.717, 1.165) is 5.56 Å². The summed E-state index contributed by atoms with van der Waals surface area (Å²) in [6.45, 7) is 1.49. The van der Waals surface area contributed by atoms with Crippen LogP contribution in [0.4, 0.5) is 5.69 Å². The second-order valence-electron chi connectivity index (χ2n) is 10.3. The number of esters is 1. The zero-order valence-corrected chi connectivity index (χ0v) is 22.9. The van der Waals surface area contributed by atoms with E-state index in [0.29, 0.717) is 51.3 Å². The van der Waals surface area contributed by atoms with E-state index in [1.807, 2.05) is 37.3 Å². The van der Waals surface area contributed by atoms with Gasteiger partial charge in [-0.1, -0.05) is 47.5 Å². The number of pyridine rings is 1. The normalized spacial score (nSPS) is 18.0. The summed E-state index contributed by atoms with van der Waals surface area (Å²) in [7, 11) is 0. The Balaban J connectivity index is 1.28. The fourth-order valence-corrected chi connectivity index (χ4v) is 5.55. The number of hydrogen-bond donors (Lipinski definition) is 0. The van der Waals surface area contributed by atoms with Crippen LogP contribution in [0.1, 0.15) is 39.1 Å². The highest BCUT2D eigenvalue weighted by atomic mass is 35.5. The number of benzene rings is 3. The van der Waals surface area contributed by atoms with Crippen molar-refractivity contribution in [3.63, 3.8) is 0 Å². The molecule has 0 radical (unpaired) electrons. The molecule has 1 aliphatic heterocycles. The Morgan fingerprint density at radius 3 is 2.22 bits per heavy atom. The number of imide groups is 1. The largest absolute Gasteiger partial charge is 0.454 e. The van der Waals surface area contributed by atoms with Crippen LogP contribution in [0, 0.1) is 18.8 Å². The van der Waals surface area contributed by atoms with Crippen LogP contribution in [-0.2, 0) is 14.3 Å². The molecular weight excluding hydrogens is 540 g/mol. The van der Waals surface area contributed by atoms with Gasteiger partial charge < -0.3 is 4.74 Å². The smallest absolute Gasteiger partial charge is 0.339 e. The summed E-state index contributed by atoms with van der Waals surface area (Å²) in [5.74, 6) is -1.95. The number of rotatable bonds is 6. The molecule has 2 atom stereocenters. The number of aryl methyl sites for hydroxylation is 1. The summed E-state index contributed by atoms with van der Waals surface area (Å²) in [4.78, 5) is 57.9. The molecule has 1 fully saturated rings. The number of aromatic nitrogens is 1. The third kappa shape index (κ3) is 5.05. The van der Waals surface area contributed by atoms with Gasteiger partial charge >= 0.3 is 5.97 Å². The topological polar surface area (TPSA) is 93.6 Å². The van der Waals surface area contributed by atoms with Gasteiger partial charge in [-0.25, -0.2) is 9.78 Å². The minimum atomic E-state index is -0.646. The molecule has 41 heavy (non-hydrogen) atoms. The minimum absolute atomic E-state index is 0.172. The number of ketones is 1. The van der Waals surface area contributed by atoms with E-state index < -0.39 is 12.6 Å². The van der Waals surface area contributed by atoms with Crippen molar-refractivity contribution in [1.82, 2.24) is 4.98 Å². The van der Waals surface area contributed by atoms with Gasteiger partial charge in [-0.05, 0) is 74.4 Å². The molecule has 2 aliphatic rings. The molecule has 2 unspecified atom stereocenters. The lowest BCUT2D eigenvalue weighted by Gasteiger charge is -2.15. The summed E-state index contributed by atoms with van der Waals surface area (Å²) >= 11 is 5.90. The minimum Gasteiger partial charge on any atom is -0.454 e. The van der Waals surface area contributed by atoms with E-state index in [2.05, 4.69) is 0 Å². The summed E-state index contributed by atoms with van der Waals surface area (Å²) < 4.78 is 5.43. The predicted molar refractivity (Wildman–Crippen MR) is 156 cm³/mol. The van der Waals surface area contributed by atoms with Gasteiger partial charge in [0.05, 0.1) is 34.3 Å². The molecule has 0 bridgehead atoms. The molecule has 1 saturated heterocycles. The molecule has 1 aromatic heterocycles. The fraction of sp³-hybridized carbons (Fsp3) is 0.182. The highest BCUT2D eigenvalue weighted by molar-refractivity contribution is 6.30. The van der Waals surface area contributed by atoms with Crippen molar-refractivity contribution in [1.29, 1.82) is 0 Å². The SMILES string of the molecule is Cc1ccc2nc(-c3ccc(N4C(=O)C5CC=CCC5C4=O)cc3)cc(C(=O)OCC(=O)c3ccc(Cl)cc3)c2c1. The van der Waals surface area contributed by atoms with Gasteiger partial charge in [-0.15, -0.1) is 0 Å². The van der Waals surface area contributed by atoms with Gasteiger partial charge in [0.1, 0.15) is 0 Å². The molecule has 204 valence electrons. The first-order valence-corrected chi connectivity index (χ1v) is 13.7. The zero-order chi connectivity index (χ0) is 28.7. The average Bonchev–Trinajstić information content (AvgIpc) is 3.25. The maximum atomic E-state index is 13.3. The molecule has 2 heterocycles. The Morgan fingerprint density at radius 1 is 0.902 bits per heavy atom. The lowest BCUT2D eigenvalue weighted by Crippen LogP contribution is -2.30. The summed E-state index contributed by atoms with van der Waals surface area (Å²) in [6.07, 6.45) is 5.08. The predicted octanol–water partition coefficient (Wildman–Crippen LogP) is 6.36. The Hall–Kier alpha value is -4.62. The molecule has 2 amide bonds. The van der Waals surface area contributed by atoms with Crippen LogP contribution in [0.2, 0.25) is 5.02 Å². The van der Waals surface area contributed by atoms with Gasteiger partial charge in [-0.3, -0.25) is 19.3 Å². The van der Waals surface area contributed by atoms with Crippen LogP contribution in [0.5, 0.6) is 0 Å². The molecule has 0 N–H and O–H groups in total. The van der Waals surface area contributed by atoms with E-state index in [4.69, 9.17) is 21.3 Å². The van der Waals surface area contributed by atoms with Gasteiger partial charge in [0.25, 0.3) is 0 Å². The Bertz CT molecular complexity index is 1720. The molecule has 0 spiro atoms. The summed E-state index contributed by atoms with van der Waals surface area (Å²) in [6, 6.07) is 20.6. The van der Waals surface area contributed by atoms with Crippen molar-refractivity contribution in [3.8, 4) is 11.3 Å². The van der Waals surface area contributed by atoms with Gasteiger partial charge in [-0.2, -0.15) is 0 Å². The fourth-order valence-electron chi connectivity index (χ4n) is 5.42. The quantitative estimate of drug-likeness (QED) is 0.117. The number of nitrogens with zero attached hydrogens (tertiary/aromatic N) is 2. The lowest BCUT2D eigenvalue weighted by atomic mass is 9.85. The Kier molecular flexibility index (Phi) is 6.97. The molecule has 3 aromatic carbocycles. The first-order chi connectivity index (χ1) is 19.8. The number of ether oxygens (including phenoxy) is 1. The third-order valence-electron chi connectivity index (χ3n) is 7.61. The van der Waals surface area contributed by atoms with Crippen LogP contribution in [-0.4, -0.2) is 35.2 Å². The van der Waals surface area contributed by atoms with E-state index >= 15 is 0 Å². The molecule has 0 saturated carbocycles. The van der Waals surface area contributed by atoms with Crippen molar-refractivity contribution < 1.29 is 23.9 Å². The molecule has 8 heteroatoms. The second-order valence-corrected chi connectivity index (χ2v) is 10.7. The third-order valence-corrected chi connectivity index (χ3v) is 7.87. The number of amides is 2. The van der Waals surface area contributed by atoms with Crippen LogP contribution in [0.15, 0.2) is 84.9 Å². The highest BCUT2D eigenvalue weighted by Gasteiger charge is 2.47. The van der Waals surface area contributed by atoms with Crippen LogP contribution in [0.3, 0.4) is 0 Å². The van der Waals surface area contributed by atoms with E-state index in [-0.39, 0.29) is 35.0 Å². The second kappa shape index (κ2) is 10.7. The Labute approximate surface area is 241 Å². The number of hydrogen-bond acceptors (Lipinski definition) is 6. The Morgan fingerprint density at radius 2 is 1.56 bits per heavy atom. The standard InChI is InChI=1S/C33H25ClN2O5/c1-19-6-15-28-26(16-19)27(33(40)41-18-30(37)21-7-11-22(34)12-8-21)17-29(35-28)20-9-13-23(14-10-20)36-31(38)24-4-2-3-5-25(24)32(36)39/h2-3,6-17,24-25H,4-5,18H2,1H3. The zero-order valence-electron chi connectivity index (χ0n) is 22.2. The average molecular weight is 565 g/mol. The monoisotopic (exact) mass is 564 g/mol. The molecule has 1 aliphatic carbocycles. The first kappa shape index (κ1) is 26.6. The highest BCUT2D eigenvalue weighted by Crippen LogP contribution is 2.38. The van der Waals surface area contributed by atoms with Crippen molar-refractivity contribution in [2.24, 2.45) is 11.8 Å². The van der Waals surface area contributed by atoms with E-state index in [9.17, 15) is 19.2 Å². The number of anilines is 1. The van der Waals surface area contributed by atoms with Crippen molar-refractivity contribution in [2.75, 3.05) is 11.5 Å². The van der Waals surface area contributed by atoms with Crippen LogP contribution < -0.4 is 4.90 Å². The number of carbonyl (C=O) groups excluding carboxylic acids is 4. The summed E-state index contributed by atoms with van der Waals surface area (Å²) in [5.41, 5.74) is 3.93. The lowest BCUT2D eigenvalue weighted by molar-refractivity contribution is -0.122. The van der Waals surface area contributed by atoms with Crippen LogP contribution >= 0.6 is 11.6 Å². The van der Waals surface area contributed by atoms with Crippen molar-refractivity contribution in [2.45, 2.75) is 19.8 Å². The number of carbonyl (C=O) groups is 4. The van der Waals surface area contributed by atoms with E-state index in [1.165, 1.54) is 4.90 Å². The number of Topliss-reactive ketones (excluding diaryl/α,β-unsaturated/α-hetero) is 1. The number of fused-ring (bicyclic) bond motifs is 2. The molecule has 4 aromatic rings. The molecule has 7 nitrogen and oxygen atoms in total. The van der Waals surface area contributed by atoms with Crippen molar-refractivity contribution in [3.05, 3.63) is 107 Å². The summed E-state index contributed by atoms with van der Waals surface area (Å²) in [5, 5.41) is 1.12. The van der Waals surface area contributed by atoms with Gasteiger partial charge in [0.15, 0.2) is 12.4 Å². The number of halogens is 1. The van der Waals surface area contributed by atoms with E-state index in [1.54, 1.807) is 54.6 Å². The van der Waals surface area contributed by atoms with Gasteiger partial charge in [0, 0.05) is 21.5 Å². The maximum Gasteiger partial charge on any atom is 0.339 e. The van der Waals surface area contributed by atoms with Gasteiger partial charge in [0.2, 0.25) is 11.8 Å². The van der Waals surface area contributed by atoms with Crippen LogP contribution in [0.25, 0.3) is 22.2 Å². The number of allylic oxidation sites excluding steroid dienone is 2. The maximum absolute atomic E-state index is 13.3. The molecular formula is C33H25ClN2O5. The molecule has 6 rings (SSSR count).